The first-order valence-electron chi connectivity index (χ1n) is 6.53. The number of hydrogen-bond acceptors (Lipinski definition) is 4. The quantitative estimate of drug-likeness (QED) is 0.699. The molecule has 0 aliphatic carbocycles. The first-order chi connectivity index (χ1) is 9.40. The molecule has 1 aromatic carbocycles. The van der Waals surface area contributed by atoms with Crippen molar-refractivity contribution >= 4 is 23.2 Å². The van der Waals surface area contributed by atoms with Crippen LogP contribution in [0, 0.1) is 0 Å². The van der Waals surface area contributed by atoms with E-state index in [0.717, 1.165) is 0 Å². The van der Waals surface area contributed by atoms with E-state index in [1.807, 2.05) is 6.92 Å². The first-order valence-corrected chi connectivity index (χ1v) is 6.53. The van der Waals surface area contributed by atoms with E-state index in [2.05, 4.69) is 10.6 Å². The number of carbonyl (C=O) groups excluding carboxylic acids is 2. The normalized spacial score (nSPS) is 11.6. The zero-order chi connectivity index (χ0) is 15.3. The second kappa shape index (κ2) is 6.79. The number of likely N-dealkylation sites (N-methyl/N-ethyl adjacent to an activating group) is 1. The van der Waals surface area contributed by atoms with Gasteiger partial charge < -0.3 is 21.3 Å². The summed E-state index contributed by atoms with van der Waals surface area (Å²) < 4.78 is 0. The van der Waals surface area contributed by atoms with Crippen LogP contribution in [0.15, 0.2) is 18.2 Å². The van der Waals surface area contributed by atoms with Crippen molar-refractivity contribution in [3.8, 4) is 0 Å². The second-order valence-corrected chi connectivity index (χ2v) is 4.60. The second-order valence-electron chi connectivity index (χ2n) is 4.60. The van der Waals surface area contributed by atoms with E-state index < -0.39 is 6.04 Å². The van der Waals surface area contributed by atoms with Gasteiger partial charge in [0.05, 0.1) is 11.4 Å². The minimum atomic E-state index is -0.415. The monoisotopic (exact) mass is 278 g/mol. The van der Waals surface area contributed by atoms with Gasteiger partial charge in [0.2, 0.25) is 5.91 Å². The summed E-state index contributed by atoms with van der Waals surface area (Å²) in [6.07, 6.45) is 0. The van der Waals surface area contributed by atoms with Gasteiger partial charge in [0, 0.05) is 26.2 Å². The lowest BCUT2D eigenvalue weighted by Crippen LogP contribution is -2.39. The predicted molar refractivity (Wildman–Crippen MR) is 80.6 cm³/mol. The average molecular weight is 278 g/mol. The molecule has 2 amide bonds. The molecule has 0 bridgehead atoms. The highest BCUT2D eigenvalue weighted by molar-refractivity contribution is 5.96. The van der Waals surface area contributed by atoms with E-state index in [9.17, 15) is 9.59 Å². The van der Waals surface area contributed by atoms with E-state index in [1.54, 1.807) is 44.1 Å². The summed E-state index contributed by atoms with van der Waals surface area (Å²) in [6.45, 7) is 4.31. The molecule has 1 unspecified atom stereocenters. The summed E-state index contributed by atoms with van der Waals surface area (Å²) in [5.41, 5.74) is 7.44. The molecule has 20 heavy (non-hydrogen) atoms. The van der Waals surface area contributed by atoms with Crippen LogP contribution in [-0.4, -0.2) is 43.4 Å². The van der Waals surface area contributed by atoms with Gasteiger partial charge in [-0.2, -0.15) is 0 Å². The van der Waals surface area contributed by atoms with Crippen molar-refractivity contribution < 1.29 is 9.59 Å². The Morgan fingerprint density at radius 2 is 2.05 bits per heavy atom. The maximum Gasteiger partial charge on any atom is 0.251 e. The Labute approximate surface area is 119 Å². The summed E-state index contributed by atoms with van der Waals surface area (Å²) in [6, 6.07) is 4.52. The van der Waals surface area contributed by atoms with Gasteiger partial charge in [0.25, 0.3) is 5.91 Å². The molecule has 1 aromatic rings. The summed E-state index contributed by atoms with van der Waals surface area (Å²) in [7, 11) is 3.30. The standard InChI is InChI=1S/C14H22N4O2/c1-5-18(4)14(20)9(2)17-12-8-10(13(19)16-3)6-7-11(12)15/h6-9,17H,5,15H2,1-4H3,(H,16,19). The molecule has 0 fully saturated rings. The molecule has 0 heterocycles. The van der Waals surface area contributed by atoms with Crippen LogP contribution in [0.25, 0.3) is 0 Å². The highest BCUT2D eigenvalue weighted by Crippen LogP contribution is 2.21. The van der Waals surface area contributed by atoms with Crippen molar-refractivity contribution in [1.82, 2.24) is 10.2 Å². The fourth-order valence-electron chi connectivity index (χ4n) is 1.75. The number of rotatable bonds is 5. The molecule has 0 aliphatic heterocycles. The van der Waals surface area contributed by atoms with E-state index >= 15 is 0 Å². The number of carbonyl (C=O) groups is 2. The third-order valence-electron chi connectivity index (χ3n) is 3.14. The highest BCUT2D eigenvalue weighted by Gasteiger charge is 2.17. The van der Waals surface area contributed by atoms with Crippen molar-refractivity contribution in [3.63, 3.8) is 0 Å². The van der Waals surface area contributed by atoms with Crippen molar-refractivity contribution in [3.05, 3.63) is 23.8 Å². The van der Waals surface area contributed by atoms with Crippen LogP contribution < -0.4 is 16.4 Å². The zero-order valence-electron chi connectivity index (χ0n) is 12.4. The molecule has 6 heteroatoms. The van der Waals surface area contributed by atoms with Gasteiger partial charge in [0.15, 0.2) is 0 Å². The summed E-state index contributed by atoms with van der Waals surface area (Å²) >= 11 is 0. The van der Waals surface area contributed by atoms with Crippen LogP contribution in [0.5, 0.6) is 0 Å². The molecule has 0 spiro atoms. The topological polar surface area (TPSA) is 87.5 Å². The number of nitrogens with two attached hydrogens (primary N) is 1. The maximum absolute atomic E-state index is 12.0. The SMILES string of the molecule is CCN(C)C(=O)C(C)Nc1cc(C(=O)NC)ccc1N. The molecular formula is C14H22N4O2. The minimum absolute atomic E-state index is 0.0303. The summed E-state index contributed by atoms with van der Waals surface area (Å²) in [5, 5.41) is 5.60. The fraction of sp³-hybridized carbons (Fsp3) is 0.429. The highest BCUT2D eigenvalue weighted by atomic mass is 16.2. The molecule has 0 aromatic heterocycles. The van der Waals surface area contributed by atoms with Crippen LogP contribution >= 0.6 is 0 Å². The molecule has 6 nitrogen and oxygen atoms in total. The van der Waals surface area contributed by atoms with Crippen LogP contribution in [0.3, 0.4) is 0 Å². The lowest BCUT2D eigenvalue weighted by molar-refractivity contribution is -0.130. The zero-order valence-corrected chi connectivity index (χ0v) is 12.4. The Morgan fingerprint density at radius 3 is 2.60 bits per heavy atom. The molecule has 1 atom stereocenters. The third kappa shape index (κ3) is 3.63. The van der Waals surface area contributed by atoms with Gasteiger partial charge in [-0.15, -0.1) is 0 Å². The number of benzene rings is 1. The Balaban J connectivity index is 2.91. The number of nitrogens with zero attached hydrogens (tertiary/aromatic N) is 1. The molecule has 0 radical (unpaired) electrons. The Hall–Kier alpha value is -2.24. The third-order valence-corrected chi connectivity index (χ3v) is 3.14. The van der Waals surface area contributed by atoms with Crippen LogP contribution in [0.2, 0.25) is 0 Å². The van der Waals surface area contributed by atoms with Gasteiger partial charge in [-0.3, -0.25) is 9.59 Å². The van der Waals surface area contributed by atoms with Gasteiger partial charge in [-0.25, -0.2) is 0 Å². The molecule has 4 N–H and O–H groups in total. The average Bonchev–Trinajstić information content (AvgIpc) is 2.46. The Kier molecular flexibility index (Phi) is 5.37. The van der Waals surface area contributed by atoms with E-state index in [0.29, 0.717) is 23.5 Å². The number of anilines is 2. The van der Waals surface area contributed by atoms with Gasteiger partial charge in [-0.1, -0.05) is 0 Å². The molecule has 1 rings (SSSR count). The number of nitrogen functional groups attached to an aromatic ring is 1. The van der Waals surface area contributed by atoms with Crippen molar-refractivity contribution in [2.24, 2.45) is 0 Å². The number of hydrogen-bond donors (Lipinski definition) is 3. The lowest BCUT2D eigenvalue weighted by atomic mass is 10.1. The molecule has 0 aliphatic rings. The van der Waals surface area contributed by atoms with Gasteiger partial charge in [-0.05, 0) is 32.0 Å². The largest absolute Gasteiger partial charge is 0.397 e. The van der Waals surface area contributed by atoms with Gasteiger partial charge >= 0.3 is 0 Å². The fourth-order valence-corrected chi connectivity index (χ4v) is 1.75. The van der Waals surface area contributed by atoms with Crippen LogP contribution in [-0.2, 0) is 4.79 Å². The van der Waals surface area contributed by atoms with E-state index in [-0.39, 0.29) is 11.8 Å². The van der Waals surface area contributed by atoms with Crippen LogP contribution in [0.4, 0.5) is 11.4 Å². The van der Waals surface area contributed by atoms with Crippen molar-refractivity contribution in [2.45, 2.75) is 19.9 Å². The minimum Gasteiger partial charge on any atom is -0.397 e. The summed E-state index contributed by atoms with van der Waals surface area (Å²) in [5.74, 6) is -0.227. The molecular weight excluding hydrogens is 256 g/mol. The van der Waals surface area contributed by atoms with E-state index in [4.69, 9.17) is 5.73 Å². The molecule has 110 valence electrons. The van der Waals surface area contributed by atoms with Crippen molar-refractivity contribution in [2.75, 3.05) is 31.7 Å². The summed E-state index contributed by atoms with van der Waals surface area (Å²) in [4.78, 5) is 25.2. The lowest BCUT2D eigenvalue weighted by Gasteiger charge is -2.22. The maximum atomic E-state index is 12.0. The molecule has 0 saturated heterocycles. The van der Waals surface area contributed by atoms with Crippen LogP contribution in [0.1, 0.15) is 24.2 Å². The Bertz CT molecular complexity index is 502. The smallest absolute Gasteiger partial charge is 0.251 e. The van der Waals surface area contributed by atoms with E-state index in [1.165, 1.54) is 0 Å². The first kappa shape index (κ1) is 15.8. The number of nitrogens with one attached hydrogen (secondary N) is 2. The molecule has 0 saturated carbocycles. The Morgan fingerprint density at radius 1 is 1.40 bits per heavy atom. The predicted octanol–water partition coefficient (Wildman–Crippen LogP) is 0.907. The van der Waals surface area contributed by atoms with Gasteiger partial charge in [0.1, 0.15) is 6.04 Å². The van der Waals surface area contributed by atoms with Crippen molar-refractivity contribution in [1.29, 1.82) is 0 Å². The number of amides is 2.